The number of carbonyl (C=O) groups excluding carboxylic acids is 1. The van der Waals surface area contributed by atoms with Gasteiger partial charge in [0.1, 0.15) is 5.60 Å². The molecule has 1 aliphatic heterocycles. The molecule has 0 saturated carbocycles. The molecule has 0 aliphatic carbocycles. The lowest BCUT2D eigenvalue weighted by atomic mass is 10.0. The number of carbonyl (C=O) groups is 1. The number of benzene rings is 2. The molecule has 6 nitrogen and oxygen atoms in total. The van der Waals surface area contributed by atoms with Gasteiger partial charge >= 0.3 is 18.4 Å². The Kier molecular flexibility index (Phi) is 8.08. The fourth-order valence-corrected chi connectivity index (χ4v) is 4.57. The van der Waals surface area contributed by atoms with E-state index in [0.717, 1.165) is 5.56 Å². The predicted molar refractivity (Wildman–Crippen MR) is 140 cm³/mol. The quantitative estimate of drug-likeness (QED) is 0.269. The summed E-state index contributed by atoms with van der Waals surface area (Å²) in [6, 6.07) is 6.83. The van der Waals surface area contributed by atoms with Crippen molar-refractivity contribution in [2.24, 2.45) is 0 Å². The number of rotatable bonds is 5. The predicted octanol–water partition coefficient (Wildman–Crippen LogP) is 7.78. The Labute approximate surface area is 235 Å². The first-order valence-corrected chi connectivity index (χ1v) is 12.9. The van der Waals surface area contributed by atoms with Crippen LogP contribution >= 0.6 is 15.9 Å². The Morgan fingerprint density at radius 1 is 0.975 bits per heavy atom. The molecule has 1 amide bonds. The van der Waals surface area contributed by atoms with Crippen molar-refractivity contribution in [3.05, 3.63) is 81.1 Å². The maximum Gasteiger partial charge on any atom is 0.416 e. The summed E-state index contributed by atoms with van der Waals surface area (Å²) in [5, 5.41) is 0. The molecule has 0 bridgehead atoms. The molecular formula is C27H25BrF6N4O2. The van der Waals surface area contributed by atoms with Gasteiger partial charge in [-0.3, -0.25) is 4.90 Å². The van der Waals surface area contributed by atoms with Crippen molar-refractivity contribution >= 4 is 33.7 Å². The van der Waals surface area contributed by atoms with Gasteiger partial charge in [0.05, 0.1) is 21.3 Å². The molecule has 214 valence electrons. The third-order valence-electron chi connectivity index (χ3n) is 5.96. The Morgan fingerprint density at radius 2 is 1.57 bits per heavy atom. The summed E-state index contributed by atoms with van der Waals surface area (Å²) in [7, 11) is 0. The van der Waals surface area contributed by atoms with Crippen LogP contribution in [-0.4, -0.2) is 28.2 Å². The molecule has 1 aliphatic rings. The number of aromatic nitrogens is 2. The van der Waals surface area contributed by atoms with E-state index in [-0.39, 0.29) is 30.7 Å². The van der Waals surface area contributed by atoms with Crippen LogP contribution in [0.3, 0.4) is 0 Å². The zero-order valence-corrected chi connectivity index (χ0v) is 23.3. The van der Waals surface area contributed by atoms with Crippen LogP contribution < -0.4 is 9.80 Å². The number of hydrogen-bond acceptors (Lipinski definition) is 5. The molecule has 3 aromatic rings. The van der Waals surface area contributed by atoms with E-state index in [1.165, 1.54) is 22.2 Å². The second kappa shape index (κ2) is 10.9. The van der Waals surface area contributed by atoms with Crippen molar-refractivity contribution in [1.29, 1.82) is 0 Å². The van der Waals surface area contributed by atoms with Gasteiger partial charge in [-0.05, 0) is 78.0 Å². The average Bonchev–Trinajstić information content (AvgIpc) is 3.27. The SMILES string of the molecule is CC(C)(C)OC(=O)N1CCc2cccc(CN(Cc3cc(C(F)(F)F)cc(C(F)(F)F)c3)c3ncc(Br)cn3)c21. The molecule has 13 heteroatoms. The van der Waals surface area contributed by atoms with Gasteiger partial charge < -0.3 is 9.64 Å². The summed E-state index contributed by atoms with van der Waals surface area (Å²) in [4.78, 5) is 24.4. The van der Waals surface area contributed by atoms with Gasteiger partial charge in [-0.2, -0.15) is 26.3 Å². The molecule has 0 N–H and O–H groups in total. The molecule has 4 rings (SSSR count). The first-order chi connectivity index (χ1) is 18.5. The number of halogens is 7. The Morgan fingerprint density at radius 3 is 2.12 bits per heavy atom. The van der Waals surface area contributed by atoms with E-state index in [2.05, 4.69) is 25.9 Å². The van der Waals surface area contributed by atoms with Gasteiger partial charge in [0.15, 0.2) is 0 Å². The van der Waals surface area contributed by atoms with Gasteiger partial charge in [-0.1, -0.05) is 18.2 Å². The van der Waals surface area contributed by atoms with E-state index >= 15 is 0 Å². The Balaban J connectivity index is 1.76. The van der Waals surface area contributed by atoms with Crippen molar-refractivity contribution in [2.75, 3.05) is 16.3 Å². The number of anilines is 2. The number of ether oxygens (including phenoxy) is 1. The molecule has 0 radical (unpaired) electrons. The second-order valence-corrected chi connectivity index (χ2v) is 11.2. The number of alkyl halides is 6. The lowest BCUT2D eigenvalue weighted by molar-refractivity contribution is -0.143. The zero-order chi connectivity index (χ0) is 29.5. The van der Waals surface area contributed by atoms with E-state index in [1.54, 1.807) is 32.9 Å². The van der Waals surface area contributed by atoms with E-state index in [4.69, 9.17) is 4.74 Å². The van der Waals surface area contributed by atoms with Crippen LogP contribution in [0.15, 0.2) is 53.3 Å². The number of nitrogens with zero attached hydrogens (tertiary/aromatic N) is 4. The summed E-state index contributed by atoms with van der Waals surface area (Å²) < 4.78 is 87.2. The molecule has 0 spiro atoms. The van der Waals surface area contributed by atoms with E-state index in [9.17, 15) is 31.1 Å². The van der Waals surface area contributed by atoms with Crippen LogP contribution in [0.1, 0.15) is 48.6 Å². The summed E-state index contributed by atoms with van der Waals surface area (Å²) in [5.74, 6) is 0.0774. The maximum absolute atomic E-state index is 13.5. The molecule has 2 heterocycles. The number of amides is 1. The van der Waals surface area contributed by atoms with E-state index in [0.29, 0.717) is 40.8 Å². The van der Waals surface area contributed by atoms with Gasteiger partial charge in [-0.15, -0.1) is 0 Å². The summed E-state index contributed by atoms with van der Waals surface area (Å²) in [6.07, 6.45) is -7.12. The lowest BCUT2D eigenvalue weighted by Gasteiger charge is -2.28. The maximum atomic E-state index is 13.5. The van der Waals surface area contributed by atoms with E-state index in [1.807, 2.05) is 6.07 Å². The van der Waals surface area contributed by atoms with E-state index < -0.39 is 35.2 Å². The Hall–Kier alpha value is -3.35. The second-order valence-electron chi connectivity index (χ2n) is 10.3. The minimum Gasteiger partial charge on any atom is -0.443 e. The molecular weight excluding hydrogens is 606 g/mol. The summed E-state index contributed by atoms with van der Waals surface area (Å²) in [6.45, 7) is 5.20. The summed E-state index contributed by atoms with van der Waals surface area (Å²) >= 11 is 3.23. The number of hydrogen-bond donors (Lipinski definition) is 0. The van der Waals surface area contributed by atoms with Crippen molar-refractivity contribution in [3.8, 4) is 0 Å². The minimum atomic E-state index is -4.98. The van der Waals surface area contributed by atoms with Gasteiger partial charge in [-0.25, -0.2) is 14.8 Å². The van der Waals surface area contributed by atoms with Crippen LogP contribution in [0.2, 0.25) is 0 Å². The standard InChI is InChI=1S/C27H25BrF6N4O2/c1-25(2,3)40-24(39)38-8-7-17-5-4-6-18(22(17)38)15-37(23-35-12-21(28)13-36-23)14-16-9-19(26(29,30)31)11-20(10-16)27(32,33)34/h4-6,9-13H,7-8,14-15H2,1-3H3. The zero-order valence-electron chi connectivity index (χ0n) is 21.7. The normalized spacial score (nSPS) is 13.8. The highest BCUT2D eigenvalue weighted by atomic mass is 79.9. The smallest absolute Gasteiger partial charge is 0.416 e. The van der Waals surface area contributed by atoms with Crippen molar-refractivity contribution in [2.45, 2.75) is 58.2 Å². The molecule has 0 atom stereocenters. The highest BCUT2D eigenvalue weighted by molar-refractivity contribution is 9.10. The van der Waals surface area contributed by atoms with Crippen LogP contribution in [0.5, 0.6) is 0 Å². The molecule has 40 heavy (non-hydrogen) atoms. The largest absolute Gasteiger partial charge is 0.443 e. The molecule has 1 aromatic heterocycles. The lowest BCUT2D eigenvalue weighted by Crippen LogP contribution is -2.36. The van der Waals surface area contributed by atoms with Crippen molar-refractivity contribution in [1.82, 2.24) is 9.97 Å². The first-order valence-electron chi connectivity index (χ1n) is 12.1. The highest BCUT2D eigenvalue weighted by Gasteiger charge is 2.37. The van der Waals surface area contributed by atoms with Crippen LogP contribution in [0, 0.1) is 0 Å². The minimum absolute atomic E-state index is 0.0122. The molecule has 0 fully saturated rings. The first kappa shape index (κ1) is 29.6. The molecule has 2 aromatic carbocycles. The van der Waals surface area contributed by atoms with Crippen molar-refractivity contribution in [3.63, 3.8) is 0 Å². The average molecular weight is 631 g/mol. The number of fused-ring (bicyclic) bond motifs is 1. The molecule has 0 saturated heterocycles. The highest BCUT2D eigenvalue weighted by Crippen LogP contribution is 2.38. The van der Waals surface area contributed by atoms with Crippen molar-refractivity contribution < 1.29 is 35.9 Å². The third kappa shape index (κ3) is 7.04. The molecule has 0 unspecified atom stereocenters. The van der Waals surface area contributed by atoms with Crippen LogP contribution in [0.25, 0.3) is 0 Å². The monoisotopic (exact) mass is 630 g/mol. The van der Waals surface area contributed by atoms with Gasteiger partial charge in [0, 0.05) is 32.0 Å². The van der Waals surface area contributed by atoms with Gasteiger partial charge in [0.25, 0.3) is 0 Å². The van der Waals surface area contributed by atoms with Gasteiger partial charge in [0.2, 0.25) is 5.95 Å². The fourth-order valence-electron chi connectivity index (χ4n) is 4.37. The fraction of sp³-hybridized carbons (Fsp3) is 0.370. The van der Waals surface area contributed by atoms with Crippen LogP contribution in [0.4, 0.5) is 42.8 Å². The third-order valence-corrected chi connectivity index (χ3v) is 6.37. The summed E-state index contributed by atoms with van der Waals surface area (Å²) in [5.41, 5.74) is -1.75. The number of para-hydroxylation sites is 1. The van der Waals surface area contributed by atoms with Crippen LogP contribution in [-0.2, 0) is 36.6 Å². The Bertz CT molecular complexity index is 1360. The topological polar surface area (TPSA) is 58.6 Å².